The van der Waals surface area contributed by atoms with Gasteiger partial charge in [0.25, 0.3) is 0 Å². The molecule has 1 heterocycles. The number of methoxy groups -OCH3 is 2. The lowest BCUT2D eigenvalue weighted by Crippen LogP contribution is -2.43. The van der Waals surface area contributed by atoms with Crippen LogP contribution in [0.5, 0.6) is 11.5 Å². The number of nitrogens with one attached hydrogen (secondary N) is 1. The normalized spacial score (nSPS) is 20.8. The monoisotopic (exact) mass is 453 g/mol. The molecule has 2 aromatic carbocycles. The van der Waals surface area contributed by atoms with Gasteiger partial charge in [0.2, 0.25) is 0 Å². The second-order valence-electron chi connectivity index (χ2n) is 7.33. The molecule has 1 fully saturated rings. The van der Waals surface area contributed by atoms with Crippen molar-refractivity contribution >= 4 is 19.7 Å². The smallest absolute Gasteiger partial charge is 0.183 e. The average Bonchev–Trinajstić information content (AvgIpc) is 3.07. The quantitative estimate of drug-likeness (QED) is 0.653. The van der Waals surface area contributed by atoms with Crippen molar-refractivity contribution in [2.24, 2.45) is 0 Å². The molecule has 7 nitrogen and oxygen atoms in total. The van der Waals surface area contributed by atoms with Crippen molar-refractivity contribution in [2.45, 2.75) is 36.1 Å². The Bertz CT molecular complexity index is 1090. The molecular formula is C21H27NO6S2. The molecule has 2 aromatic rings. The highest BCUT2D eigenvalue weighted by Gasteiger charge is 2.45. The minimum absolute atomic E-state index is 0.153. The number of hydrogen-bond donors (Lipinski definition) is 1. The molecule has 0 bridgehead atoms. The number of ether oxygens (including phenoxy) is 2. The highest BCUT2D eigenvalue weighted by molar-refractivity contribution is 7.96. The standard InChI is InChI=1S/C21H27NO6S2/c1-4-15-5-8-17(9-6-15)30(25,26)21-14-29(23,24)13-18(21)22-12-16-7-10-19(27-2)20(11-16)28-3/h5-11,18,21-22H,4,12-14H2,1-3H3/t18-,21-/m1/s1. The molecule has 2 atom stereocenters. The third kappa shape index (κ3) is 4.79. The van der Waals surface area contributed by atoms with E-state index in [0.29, 0.717) is 18.0 Å². The second-order valence-corrected chi connectivity index (χ2v) is 11.7. The highest BCUT2D eigenvalue weighted by Crippen LogP contribution is 2.29. The summed E-state index contributed by atoms with van der Waals surface area (Å²) in [7, 11) is -4.18. The maximum absolute atomic E-state index is 13.2. The van der Waals surface area contributed by atoms with Gasteiger partial charge in [0.05, 0.1) is 35.9 Å². The largest absolute Gasteiger partial charge is 0.493 e. The van der Waals surface area contributed by atoms with Crippen molar-refractivity contribution in [3.63, 3.8) is 0 Å². The minimum Gasteiger partial charge on any atom is -0.493 e. The topological polar surface area (TPSA) is 98.8 Å². The molecule has 0 aliphatic carbocycles. The molecule has 0 aromatic heterocycles. The van der Waals surface area contributed by atoms with E-state index in [0.717, 1.165) is 17.5 Å². The van der Waals surface area contributed by atoms with E-state index in [9.17, 15) is 16.8 Å². The van der Waals surface area contributed by atoms with Gasteiger partial charge < -0.3 is 14.8 Å². The summed E-state index contributed by atoms with van der Waals surface area (Å²) in [5.74, 6) is 0.544. The molecule has 30 heavy (non-hydrogen) atoms. The van der Waals surface area contributed by atoms with Crippen molar-refractivity contribution in [1.29, 1.82) is 0 Å². The molecule has 164 valence electrons. The van der Waals surface area contributed by atoms with Crippen molar-refractivity contribution in [3.05, 3.63) is 53.6 Å². The Kier molecular flexibility index (Phi) is 6.74. The van der Waals surface area contributed by atoms with Gasteiger partial charge in [-0.15, -0.1) is 0 Å². The molecule has 9 heteroatoms. The number of benzene rings is 2. The molecule has 0 saturated carbocycles. The van der Waals surface area contributed by atoms with E-state index >= 15 is 0 Å². The van der Waals surface area contributed by atoms with Crippen molar-refractivity contribution in [1.82, 2.24) is 5.32 Å². The first-order chi connectivity index (χ1) is 14.2. The SMILES string of the molecule is CCc1ccc(S(=O)(=O)[C@@H]2CS(=O)(=O)C[C@H]2NCc2ccc(OC)c(OC)c2)cc1. The zero-order valence-corrected chi connectivity index (χ0v) is 18.9. The second kappa shape index (κ2) is 8.95. The molecule has 0 amide bonds. The number of hydrogen-bond acceptors (Lipinski definition) is 7. The van der Waals surface area contributed by atoms with Crippen LogP contribution in [0.2, 0.25) is 0 Å². The molecular weight excluding hydrogens is 426 g/mol. The molecule has 1 aliphatic rings. The van der Waals surface area contributed by atoms with E-state index in [4.69, 9.17) is 9.47 Å². The van der Waals surface area contributed by atoms with E-state index < -0.39 is 31.0 Å². The van der Waals surface area contributed by atoms with Gasteiger partial charge in [-0.05, 0) is 41.8 Å². The maximum Gasteiger partial charge on any atom is 0.183 e. The molecule has 0 radical (unpaired) electrons. The fraction of sp³-hybridized carbons (Fsp3) is 0.429. The summed E-state index contributed by atoms with van der Waals surface area (Å²) in [5.41, 5.74) is 1.86. The molecule has 0 unspecified atom stereocenters. The fourth-order valence-electron chi connectivity index (χ4n) is 3.64. The van der Waals surface area contributed by atoms with E-state index in [2.05, 4.69) is 5.32 Å². The van der Waals surface area contributed by atoms with Gasteiger partial charge >= 0.3 is 0 Å². The van der Waals surface area contributed by atoms with E-state index in [1.165, 1.54) is 7.11 Å². The first-order valence-electron chi connectivity index (χ1n) is 9.67. The number of rotatable bonds is 8. The predicted molar refractivity (Wildman–Crippen MR) is 116 cm³/mol. The molecule has 0 spiro atoms. The van der Waals surface area contributed by atoms with Crippen LogP contribution in [-0.2, 0) is 32.6 Å². The highest BCUT2D eigenvalue weighted by atomic mass is 32.2. The maximum atomic E-state index is 13.2. The number of sulfone groups is 2. The van der Waals surface area contributed by atoms with Gasteiger partial charge in [-0.2, -0.15) is 0 Å². The summed E-state index contributed by atoms with van der Waals surface area (Å²) in [6, 6.07) is 11.3. The third-order valence-electron chi connectivity index (χ3n) is 5.38. The number of aryl methyl sites for hydroxylation is 1. The summed E-state index contributed by atoms with van der Waals surface area (Å²) in [6.07, 6.45) is 0.799. The Hall–Kier alpha value is -2.10. The van der Waals surface area contributed by atoms with Gasteiger partial charge in [-0.1, -0.05) is 25.1 Å². The Morgan fingerprint density at radius 1 is 0.967 bits per heavy atom. The van der Waals surface area contributed by atoms with Gasteiger partial charge in [-0.3, -0.25) is 0 Å². The van der Waals surface area contributed by atoms with Gasteiger partial charge in [0.15, 0.2) is 31.2 Å². The van der Waals surface area contributed by atoms with Crippen molar-refractivity contribution < 1.29 is 26.3 Å². The Labute approximate surface area is 178 Å². The van der Waals surface area contributed by atoms with Gasteiger partial charge in [0.1, 0.15) is 0 Å². The van der Waals surface area contributed by atoms with E-state index in [1.54, 1.807) is 43.5 Å². The van der Waals surface area contributed by atoms with Crippen molar-refractivity contribution in [3.8, 4) is 11.5 Å². The van der Waals surface area contributed by atoms with Crippen LogP contribution in [-0.4, -0.2) is 53.9 Å². The predicted octanol–water partition coefficient (Wildman–Crippen LogP) is 2.00. The van der Waals surface area contributed by atoms with Crippen molar-refractivity contribution in [2.75, 3.05) is 25.7 Å². The van der Waals surface area contributed by atoms with E-state index in [-0.39, 0.29) is 16.4 Å². The minimum atomic E-state index is -3.80. The summed E-state index contributed by atoms with van der Waals surface area (Å²) in [5, 5.41) is 2.10. The van der Waals surface area contributed by atoms with Crippen LogP contribution in [0.1, 0.15) is 18.1 Å². The lowest BCUT2D eigenvalue weighted by Gasteiger charge is -2.20. The molecule has 1 aliphatic heterocycles. The third-order valence-corrected chi connectivity index (χ3v) is 9.54. The first-order valence-corrected chi connectivity index (χ1v) is 13.0. The van der Waals surface area contributed by atoms with Crippen LogP contribution in [0.15, 0.2) is 47.4 Å². The van der Waals surface area contributed by atoms with Crippen LogP contribution in [0.4, 0.5) is 0 Å². The van der Waals surface area contributed by atoms with Crippen LogP contribution in [0.25, 0.3) is 0 Å². The summed E-state index contributed by atoms with van der Waals surface area (Å²) in [6.45, 7) is 2.29. The zero-order chi connectivity index (χ0) is 21.9. The van der Waals surface area contributed by atoms with Crippen LogP contribution >= 0.6 is 0 Å². The van der Waals surface area contributed by atoms with Crippen LogP contribution in [0.3, 0.4) is 0 Å². The summed E-state index contributed by atoms with van der Waals surface area (Å²) >= 11 is 0. The summed E-state index contributed by atoms with van der Waals surface area (Å²) in [4.78, 5) is 0.153. The lowest BCUT2D eigenvalue weighted by atomic mass is 10.1. The molecule has 1 N–H and O–H groups in total. The summed E-state index contributed by atoms with van der Waals surface area (Å²) < 4.78 is 61.5. The lowest BCUT2D eigenvalue weighted by molar-refractivity contribution is 0.354. The van der Waals surface area contributed by atoms with Gasteiger partial charge in [-0.25, -0.2) is 16.8 Å². The molecule has 3 rings (SSSR count). The average molecular weight is 454 g/mol. The fourth-order valence-corrected chi connectivity index (χ4v) is 8.36. The Morgan fingerprint density at radius 3 is 2.20 bits per heavy atom. The Balaban J connectivity index is 1.82. The van der Waals surface area contributed by atoms with Crippen LogP contribution < -0.4 is 14.8 Å². The Morgan fingerprint density at radius 2 is 1.60 bits per heavy atom. The first kappa shape index (κ1) is 22.6. The zero-order valence-electron chi connectivity index (χ0n) is 17.3. The van der Waals surface area contributed by atoms with Crippen LogP contribution in [0, 0.1) is 0 Å². The molecule has 1 saturated heterocycles. The van der Waals surface area contributed by atoms with E-state index in [1.807, 2.05) is 13.0 Å². The van der Waals surface area contributed by atoms with Gasteiger partial charge in [0, 0.05) is 12.6 Å².